The van der Waals surface area contributed by atoms with Gasteiger partial charge in [0, 0.05) is 11.5 Å². The Balaban J connectivity index is 2.63. The van der Waals surface area contributed by atoms with Crippen molar-refractivity contribution in [1.29, 1.82) is 0 Å². The summed E-state index contributed by atoms with van der Waals surface area (Å²) in [5.41, 5.74) is -2.06. The van der Waals surface area contributed by atoms with Gasteiger partial charge in [0.15, 0.2) is 0 Å². The van der Waals surface area contributed by atoms with Crippen LogP contribution in [-0.2, 0) is 4.74 Å². The van der Waals surface area contributed by atoms with Crippen LogP contribution in [-0.4, -0.2) is 51.9 Å². The molecule has 0 saturated carbocycles. The van der Waals surface area contributed by atoms with E-state index in [1.807, 2.05) is 0 Å². The first-order valence-electron chi connectivity index (χ1n) is 5.93. The van der Waals surface area contributed by atoms with Gasteiger partial charge in [0.25, 0.3) is 0 Å². The first-order chi connectivity index (χ1) is 8.11. The molecule has 0 bridgehead atoms. The van der Waals surface area contributed by atoms with Crippen LogP contribution < -0.4 is 0 Å². The quantitative estimate of drug-likeness (QED) is 0.591. The lowest BCUT2D eigenvalue weighted by molar-refractivity contribution is -0.501. The number of carbonyl (C=O) groups excluding carboxylic acids is 1. The molecule has 1 fully saturated rings. The maximum atomic E-state index is 11.8. The van der Waals surface area contributed by atoms with E-state index in [2.05, 4.69) is 0 Å². The summed E-state index contributed by atoms with van der Waals surface area (Å²) in [5, 5.41) is 20.6. The van der Waals surface area contributed by atoms with Crippen molar-refractivity contribution in [2.75, 3.05) is 19.6 Å². The highest BCUT2D eigenvalue weighted by atomic mass is 16.6. The molecule has 0 aromatic carbocycles. The molecule has 1 N–H and O–H groups in total. The normalized spacial score (nSPS) is 24.8. The minimum atomic E-state index is -1.45. The smallest absolute Gasteiger partial charge is 0.410 e. The third-order valence-electron chi connectivity index (χ3n) is 2.63. The van der Waals surface area contributed by atoms with E-state index in [-0.39, 0.29) is 6.54 Å². The topological polar surface area (TPSA) is 92.9 Å². The average molecular weight is 260 g/mol. The van der Waals surface area contributed by atoms with E-state index < -0.39 is 28.8 Å². The molecule has 0 aliphatic carbocycles. The summed E-state index contributed by atoms with van der Waals surface area (Å²) in [6, 6.07) is 0. The largest absolute Gasteiger partial charge is 0.444 e. The SMILES string of the molecule is CC(C)(C)OC(=O)N1CCCC(O)(C[N+](=O)[O-])C1. The predicted molar refractivity (Wildman–Crippen MR) is 63.9 cm³/mol. The minimum Gasteiger partial charge on any atom is -0.444 e. The number of β-amino-alcohol motifs (C(OH)–C–C–N with tert-alkyl or cyclic N) is 1. The van der Waals surface area contributed by atoms with Gasteiger partial charge in [-0.1, -0.05) is 0 Å². The number of carbonyl (C=O) groups is 1. The van der Waals surface area contributed by atoms with E-state index in [0.717, 1.165) is 0 Å². The van der Waals surface area contributed by atoms with Gasteiger partial charge in [-0.2, -0.15) is 0 Å². The Kier molecular flexibility index (Phi) is 4.16. The summed E-state index contributed by atoms with van der Waals surface area (Å²) in [6.07, 6.45) is 0.320. The highest BCUT2D eigenvalue weighted by molar-refractivity contribution is 5.68. The van der Waals surface area contributed by atoms with Crippen molar-refractivity contribution >= 4 is 6.09 Å². The van der Waals surface area contributed by atoms with Crippen LogP contribution in [0.4, 0.5) is 4.79 Å². The number of amides is 1. The molecule has 1 aliphatic rings. The van der Waals surface area contributed by atoms with Gasteiger partial charge in [-0.15, -0.1) is 0 Å². The molecule has 1 aliphatic heterocycles. The monoisotopic (exact) mass is 260 g/mol. The zero-order chi connectivity index (χ0) is 14.0. The van der Waals surface area contributed by atoms with Gasteiger partial charge in [0.2, 0.25) is 6.54 Å². The minimum absolute atomic E-state index is 0.0527. The molecule has 1 amide bonds. The molecule has 1 atom stereocenters. The fraction of sp³-hybridized carbons (Fsp3) is 0.909. The van der Waals surface area contributed by atoms with Gasteiger partial charge in [0.05, 0.1) is 6.54 Å². The Morgan fingerprint density at radius 2 is 2.17 bits per heavy atom. The molecule has 0 aromatic rings. The fourth-order valence-electron chi connectivity index (χ4n) is 1.96. The number of hydrogen-bond donors (Lipinski definition) is 1. The van der Waals surface area contributed by atoms with E-state index in [9.17, 15) is 20.0 Å². The standard InChI is InChI=1S/C11H20N2O5/c1-10(2,3)18-9(14)12-6-4-5-11(15,7-12)8-13(16)17/h15H,4-8H2,1-3H3. The van der Waals surface area contributed by atoms with Gasteiger partial charge in [-0.3, -0.25) is 10.1 Å². The van der Waals surface area contributed by atoms with Gasteiger partial charge >= 0.3 is 6.09 Å². The molecule has 7 nitrogen and oxygen atoms in total. The van der Waals surface area contributed by atoms with Crippen LogP contribution in [0, 0.1) is 10.1 Å². The second-order valence-corrected chi connectivity index (χ2v) is 5.72. The maximum Gasteiger partial charge on any atom is 0.410 e. The maximum absolute atomic E-state index is 11.8. The Bertz CT molecular complexity index is 339. The summed E-state index contributed by atoms with van der Waals surface area (Å²) < 4.78 is 5.18. The van der Waals surface area contributed by atoms with Crippen LogP contribution in [0.1, 0.15) is 33.6 Å². The molecule has 1 heterocycles. The summed E-state index contributed by atoms with van der Waals surface area (Å²) in [7, 11) is 0. The van der Waals surface area contributed by atoms with Crippen LogP contribution in [0.5, 0.6) is 0 Å². The number of likely N-dealkylation sites (tertiary alicyclic amines) is 1. The summed E-state index contributed by atoms with van der Waals surface area (Å²) in [6.45, 7) is 5.10. The van der Waals surface area contributed by atoms with E-state index >= 15 is 0 Å². The predicted octanol–water partition coefficient (Wildman–Crippen LogP) is 1.03. The van der Waals surface area contributed by atoms with Crippen molar-refractivity contribution in [3.8, 4) is 0 Å². The summed E-state index contributed by atoms with van der Waals surface area (Å²) in [5.74, 6) is 0. The number of piperidine rings is 1. The van der Waals surface area contributed by atoms with E-state index in [4.69, 9.17) is 4.74 Å². The molecule has 1 rings (SSSR count). The Hall–Kier alpha value is -1.37. The molecule has 0 aromatic heterocycles. The van der Waals surface area contributed by atoms with Crippen molar-refractivity contribution in [2.45, 2.75) is 44.8 Å². The first kappa shape index (κ1) is 14.7. The van der Waals surface area contributed by atoms with Gasteiger partial charge in [-0.05, 0) is 33.6 Å². The van der Waals surface area contributed by atoms with Crippen LogP contribution >= 0.6 is 0 Å². The number of nitrogens with zero attached hydrogens (tertiary/aromatic N) is 2. The Morgan fingerprint density at radius 3 is 2.67 bits per heavy atom. The number of nitro groups is 1. The van der Waals surface area contributed by atoms with Crippen molar-refractivity contribution in [3.05, 3.63) is 10.1 Å². The van der Waals surface area contributed by atoms with Gasteiger partial charge < -0.3 is 14.7 Å². The molecular weight excluding hydrogens is 240 g/mol. The van der Waals surface area contributed by atoms with Crippen LogP contribution in [0.2, 0.25) is 0 Å². The molecule has 18 heavy (non-hydrogen) atoms. The molecule has 104 valence electrons. The van der Waals surface area contributed by atoms with Gasteiger partial charge in [-0.25, -0.2) is 4.79 Å². The zero-order valence-corrected chi connectivity index (χ0v) is 11.0. The molecule has 0 spiro atoms. The van der Waals surface area contributed by atoms with Crippen LogP contribution in [0.15, 0.2) is 0 Å². The van der Waals surface area contributed by atoms with Crippen molar-refractivity contribution in [3.63, 3.8) is 0 Å². The lowest BCUT2D eigenvalue weighted by Gasteiger charge is -2.37. The highest BCUT2D eigenvalue weighted by Gasteiger charge is 2.40. The number of rotatable bonds is 2. The molecule has 0 radical (unpaired) electrons. The third-order valence-corrected chi connectivity index (χ3v) is 2.63. The Morgan fingerprint density at radius 1 is 1.56 bits per heavy atom. The lowest BCUT2D eigenvalue weighted by atomic mass is 9.93. The molecule has 7 heteroatoms. The average Bonchev–Trinajstić information content (AvgIpc) is 2.12. The van der Waals surface area contributed by atoms with Crippen LogP contribution in [0.3, 0.4) is 0 Å². The van der Waals surface area contributed by atoms with Gasteiger partial charge in [0.1, 0.15) is 11.2 Å². The summed E-state index contributed by atoms with van der Waals surface area (Å²) >= 11 is 0. The van der Waals surface area contributed by atoms with Crippen molar-refractivity contribution < 1.29 is 19.6 Å². The van der Waals surface area contributed by atoms with E-state index in [1.54, 1.807) is 20.8 Å². The molecular formula is C11H20N2O5. The zero-order valence-electron chi connectivity index (χ0n) is 11.0. The van der Waals surface area contributed by atoms with Crippen molar-refractivity contribution in [2.24, 2.45) is 0 Å². The first-order valence-corrected chi connectivity index (χ1v) is 5.93. The second-order valence-electron chi connectivity index (χ2n) is 5.72. The van der Waals surface area contributed by atoms with E-state index in [1.165, 1.54) is 4.90 Å². The number of ether oxygens (including phenoxy) is 1. The van der Waals surface area contributed by atoms with Crippen molar-refractivity contribution in [1.82, 2.24) is 4.90 Å². The second kappa shape index (κ2) is 5.09. The molecule has 1 saturated heterocycles. The summed E-state index contributed by atoms with van der Waals surface area (Å²) in [4.78, 5) is 23.1. The molecule has 1 unspecified atom stereocenters. The lowest BCUT2D eigenvalue weighted by Crippen LogP contribution is -2.54. The number of hydrogen-bond acceptors (Lipinski definition) is 5. The number of aliphatic hydroxyl groups is 1. The van der Waals surface area contributed by atoms with E-state index in [0.29, 0.717) is 19.4 Å². The third kappa shape index (κ3) is 4.48. The van der Waals surface area contributed by atoms with Crippen LogP contribution in [0.25, 0.3) is 0 Å². The Labute approximate surface area is 106 Å². The fourth-order valence-corrected chi connectivity index (χ4v) is 1.96. The highest BCUT2D eigenvalue weighted by Crippen LogP contribution is 2.23.